The molecule has 1 heteroatoms. The minimum atomic E-state index is 1.06. The highest BCUT2D eigenvalue weighted by atomic mass is 15.1. The molecule has 0 aliphatic rings. The number of hydrogen-bond donors (Lipinski definition) is 0. The van der Waals surface area contributed by atoms with Gasteiger partial charge in [0, 0.05) is 22.5 Å². The molecule has 0 heterocycles. The van der Waals surface area contributed by atoms with E-state index in [1.165, 1.54) is 77.2 Å². The fourth-order valence-electron chi connectivity index (χ4n) is 11.3. The maximum Gasteiger partial charge on any atom is 0.0618 e. The summed E-state index contributed by atoms with van der Waals surface area (Å²) in [6, 6.07) is 113. The van der Waals surface area contributed by atoms with Crippen LogP contribution in [0.2, 0.25) is 0 Å². The molecule has 0 saturated heterocycles. The summed E-state index contributed by atoms with van der Waals surface area (Å²) in [5, 5.41) is 4.96. The summed E-state index contributed by atoms with van der Waals surface area (Å²) < 4.78 is 0. The number of para-hydroxylation sites is 1. The number of benzene rings is 13. The fourth-order valence-corrected chi connectivity index (χ4v) is 11.3. The number of hydrogen-bond acceptors (Lipinski definition) is 1. The van der Waals surface area contributed by atoms with Crippen molar-refractivity contribution in [3.05, 3.63) is 309 Å². The van der Waals surface area contributed by atoms with Crippen LogP contribution in [0.1, 0.15) is 0 Å². The highest BCUT2D eigenvalue weighted by molar-refractivity contribution is 6.25. The molecule has 75 heavy (non-hydrogen) atoms. The molecule has 13 aromatic rings. The van der Waals surface area contributed by atoms with Crippen LogP contribution < -0.4 is 4.90 Å². The van der Waals surface area contributed by atoms with Crippen molar-refractivity contribution in [1.82, 2.24) is 0 Å². The predicted octanol–water partition coefficient (Wildman–Crippen LogP) is 20.8. The van der Waals surface area contributed by atoms with Crippen LogP contribution in [-0.2, 0) is 0 Å². The number of nitrogens with zero attached hydrogens (tertiary/aromatic N) is 1. The molecule has 13 aromatic carbocycles. The van der Waals surface area contributed by atoms with Gasteiger partial charge in [0.15, 0.2) is 0 Å². The lowest BCUT2D eigenvalue weighted by Gasteiger charge is -2.31. The van der Waals surface area contributed by atoms with Crippen LogP contribution in [0.3, 0.4) is 0 Å². The Labute approximate surface area is 439 Å². The monoisotopic (exact) mass is 953 g/mol. The second kappa shape index (κ2) is 20.0. The lowest BCUT2D eigenvalue weighted by atomic mass is 9.83. The molecule has 0 amide bonds. The molecule has 0 aliphatic carbocycles. The van der Waals surface area contributed by atoms with Crippen molar-refractivity contribution in [2.45, 2.75) is 0 Å². The Morgan fingerprint density at radius 3 is 0.920 bits per heavy atom. The van der Waals surface area contributed by atoms with Gasteiger partial charge in [0.25, 0.3) is 0 Å². The van der Waals surface area contributed by atoms with Crippen molar-refractivity contribution < 1.29 is 0 Å². The van der Waals surface area contributed by atoms with Crippen LogP contribution in [0.25, 0.3) is 111 Å². The zero-order valence-electron chi connectivity index (χ0n) is 41.4. The van der Waals surface area contributed by atoms with Crippen LogP contribution in [0.4, 0.5) is 17.1 Å². The number of anilines is 3. The highest BCUT2D eigenvalue weighted by Gasteiger charge is 2.24. The molecular formula is C74H51N. The van der Waals surface area contributed by atoms with Gasteiger partial charge in [0.2, 0.25) is 0 Å². The largest absolute Gasteiger partial charge is 0.309 e. The first kappa shape index (κ1) is 45.1. The van der Waals surface area contributed by atoms with Crippen molar-refractivity contribution in [3.8, 4) is 89.0 Å². The van der Waals surface area contributed by atoms with Gasteiger partial charge in [0.1, 0.15) is 0 Å². The molecule has 0 spiro atoms. The summed E-state index contributed by atoms with van der Waals surface area (Å²) in [6.07, 6.45) is 0. The van der Waals surface area contributed by atoms with E-state index in [0.717, 1.165) is 50.4 Å². The quantitative estimate of drug-likeness (QED) is 0.117. The summed E-state index contributed by atoms with van der Waals surface area (Å²) in [5.74, 6) is 0. The van der Waals surface area contributed by atoms with E-state index in [9.17, 15) is 0 Å². The van der Waals surface area contributed by atoms with Crippen molar-refractivity contribution >= 4 is 38.6 Å². The smallest absolute Gasteiger partial charge is 0.0618 e. The molecule has 0 fully saturated rings. The molecule has 1 nitrogen and oxygen atoms in total. The molecule has 0 radical (unpaired) electrons. The summed E-state index contributed by atoms with van der Waals surface area (Å²) >= 11 is 0. The molecule has 0 aliphatic heterocycles. The van der Waals surface area contributed by atoms with Crippen LogP contribution in [0, 0.1) is 0 Å². The Balaban J connectivity index is 1.01. The lowest BCUT2D eigenvalue weighted by molar-refractivity contribution is 1.28. The Bertz CT molecular complexity index is 4040. The first-order valence-corrected chi connectivity index (χ1v) is 25.8. The predicted molar refractivity (Wildman–Crippen MR) is 320 cm³/mol. The Hall–Kier alpha value is -9.82. The zero-order valence-corrected chi connectivity index (χ0v) is 41.4. The molecule has 0 saturated carbocycles. The van der Waals surface area contributed by atoms with E-state index in [1.54, 1.807) is 0 Å². The molecule has 0 aromatic heterocycles. The lowest BCUT2D eigenvalue weighted by Crippen LogP contribution is -2.12. The SMILES string of the molecule is c1ccc(-c2cccc(-c3ccc(N(c4ccc(-c5cccc6c(-c7ccccc7)c(-c7ccccc7)c7ccccc7c56)cc4)c4c(-c5ccccc5)cccc4-c4ccccc4)cc3)c2-c2ccccc2)cc1. The zero-order chi connectivity index (χ0) is 49.9. The van der Waals surface area contributed by atoms with E-state index in [4.69, 9.17) is 0 Å². The van der Waals surface area contributed by atoms with Gasteiger partial charge in [-0.1, -0.05) is 285 Å². The van der Waals surface area contributed by atoms with Gasteiger partial charge in [-0.05, 0) is 124 Å². The van der Waals surface area contributed by atoms with Gasteiger partial charge >= 0.3 is 0 Å². The van der Waals surface area contributed by atoms with E-state index in [2.05, 4.69) is 314 Å². The fraction of sp³-hybridized carbons (Fsp3) is 0. The molecule has 0 N–H and O–H groups in total. The van der Waals surface area contributed by atoms with Crippen LogP contribution in [0.5, 0.6) is 0 Å². The first-order valence-electron chi connectivity index (χ1n) is 25.8. The highest BCUT2D eigenvalue weighted by Crippen LogP contribution is 2.50. The van der Waals surface area contributed by atoms with E-state index in [-0.39, 0.29) is 0 Å². The van der Waals surface area contributed by atoms with Crippen molar-refractivity contribution in [3.63, 3.8) is 0 Å². The molecule has 352 valence electrons. The second-order valence-electron chi connectivity index (χ2n) is 19.1. The van der Waals surface area contributed by atoms with E-state index < -0.39 is 0 Å². The number of rotatable bonds is 11. The van der Waals surface area contributed by atoms with E-state index in [1.807, 2.05) is 0 Å². The minimum absolute atomic E-state index is 1.06. The van der Waals surface area contributed by atoms with Crippen LogP contribution >= 0.6 is 0 Å². The molecule has 0 atom stereocenters. The average Bonchev–Trinajstić information content (AvgIpc) is 3.51. The normalized spacial score (nSPS) is 11.2. The molecule has 13 rings (SSSR count). The van der Waals surface area contributed by atoms with Crippen LogP contribution in [0.15, 0.2) is 309 Å². The summed E-state index contributed by atoms with van der Waals surface area (Å²) in [4.78, 5) is 2.47. The Morgan fingerprint density at radius 2 is 0.467 bits per heavy atom. The first-order chi connectivity index (χ1) is 37.3. The van der Waals surface area contributed by atoms with E-state index in [0.29, 0.717) is 0 Å². The van der Waals surface area contributed by atoms with Crippen LogP contribution in [-0.4, -0.2) is 0 Å². The van der Waals surface area contributed by atoms with Crippen molar-refractivity contribution in [2.75, 3.05) is 4.90 Å². The van der Waals surface area contributed by atoms with Crippen molar-refractivity contribution in [1.29, 1.82) is 0 Å². The average molecular weight is 954 g/mol. The standard InChI is InChI=1S/C74H51N/c1-7-24-52(25-8-1)62-38-21-39-63(70(62)57-30-13-4-14-31-57)55-44-48-60(49-45-55)75(74-65(53-26-9-2-10-27-53)41-23-42-66(74)54-28-11-3-12-29-54)61-50-46-56(47-51-61)64-40-22-43-69-72(59-34-17-6-18-35-59)71(58-32-15-5-16-33-58)67-36-19-20-37-68(67)73(64)69/h1-51H. The molecule has 0 unspecified atom stereocenters. The summed E-state index contributed by atoms with van der Waals surface area (Å²) in [6.45, 7) is 0. The minimum Gasteiger partial charge on any atom is -0.309 e. The molecular weight excluding hydrogens is 903 g/mol. The van der Waals surface area contributed by atoms with Gasteiger partial charge < -0.3 is 4.90 Å². The van der Waals surface area contributed by atoms with Gasteiger partial charge in [-0.2, -0.15) is 0 Å². The van der Waals surface area contributed by atoms with Gasteiger partial charge in [-0.25, -0.2) is 0 Å². The molecule has 0 bridgehead atoms. The number of fused-ring (bicyclic) bond motifs is 3. The van der Waals surface area contributed by atoms with Gasteiger partial charge in [-0.3, -0.25) is 0 Å². The summed E-state index contributed by atoms with van der Waals surface area (Å²) in [7, 11) is 0. The van der Waals surface area contributed by atoms with Gasteiger partial charge in [0.05, 0.1) is 5.69 Å². The third kappa shape index (κ3) is 8.47. The maximum atomic E-state index is 2.47. The van der Waals surface area contributed by atoms with Gasteiger partial charge in [-0.15, -0.1) is 0 Å². The third-order valence-electron chi connectivity index (χ3n) is 14.7. The second-order valence-corrected chi connectivity index (χ2v) is 19.1. The maximum absolute atomic E-state index is 2.47. The third-order valence-corrected chi connectivity index (χ3v) is 14.7. The summed E-state index contributed by atoms with van der Waals surface area (Å²) in [5.41, 5.74) is 22.3. The Morgan fingerprint density at radius 1 is 0.173 bits per heavy atom. The van der Waals surface area contributed by atoms with Crippen molar-refractivity contribution in [2.24, 2.45) is 0 Å². The topological polar surface area (TPSA) is 3.24 Å². The van der Waals surface area contributed by atoms with E-state index >= 15 is 0 Å². The Kier molecular flexibility index (Phi) is 12.0.